The monoisotopic (exact) mass is 287 g/mol. The van der Waals surface area contributed by atoms with Gasteiger partial charge in [-0.05, 0) is 44.2 Å². The van der Waals surface area contributed by atoms with Crippen molar-refractivity contribution in [1.29, 1.82) is 5.41 Å². The van der Waals surface area contributed by atoms with Crippen LogP contribution in [0, 0.1) is 12.3 Å². The fourth-order valence-electron chi connectivity index (χ4n) is 2.18. The zero-order valence-electron chi connectivity index (χ0n) is 11.7. The van der Waals surface area contributed by atoms with Gasteiger partial charge in [0.05, 0.1) is 5.69 Å². The van der Waals surface area contributed by atoms with Crippen LogP contribution in [-0.2, 0) is 0 Å². The summed E-state index contributed by atoms with van der Waals surface area (Å²) in [5.74, 6) is 0.0214. The average Bonchev–Trinajstić information content (AvgIpc) is 2.43. The van der Waals surface area contributed by atoms with E-state index in [0.717, 1.165) is 17.9 Å². The SMILES string of the molecule is CCN(c1ccc(C)cc1)c1ccc(Cl)cc1C(=N)N. The first-order valence-electron chi connectivity index (χ1n) is 6.51. The predicted molar refractivity (Wildman–Crippen MR) is 86.3 cm³/mol. The summed E-state index contributed by atoms with van der Waals surface area (Å²) in [6, 6.07) is 13.7. The lowest BCUT2D eigenvalue weighted by molar-refractivity contribution is 1.02. The molecule has 0 aromatic heterocycles. The predicted octanol–water partition coefficient (Wildman–Crippen LogP) is 4.09. The van der Waals surface area contributed by atoms with Gasteiger partial charge in [-0.1, -0.05) is 29.3 Å². The number of nitrogens with two attached hydrogens (primary N) is 1. The maximum Gasteiger partial charge on any atom is 0.124 e. The lowest BCUT2D eigenvalue weighted by Gasteiger charge is -2.26. The van der Waals surface area contributed by atoms with Gasteiger partial charge in [-0.2, -0.15) is 0 Å². The molecule has 0 unspecified atom stereocenters. The second-order valence-corrected chi connectivity index (χ2v) is 5.09. The van der Waals surface area contributed by atoms with Gasteiger partial charge in [0, 0.05) is 22.8 Å². The van der Waals surface area contributed by atoms with Gasteiger partial charge in [-0.25, -0.2) is 0 Å². The zero-order valence-corrected chi connectivity index (χ0v) is 12.4. The summed E-state index contributed by atoms with van der Waals surface area (Å²) in [7, 11) is 0. The van der Waals surface area contributed by atoms with E-state index in [1.807, 2.05) is 12.1 Å². The molecule has 0 atom stereocenters. The van der Waals surface area contributed by atoms with Crippen molar-refractivity contribution in [3.63, 3.8) is 0 Å². The number of anilines is 2. The minimum absolute atomic E-state index is 0.0214. The van der Waals surface area contributed by atoms with Crippen LogP contribution in [-0.4, -0.2) is 12.4 Å². The van der Waals surface area contributed by atoms with Gasteiger partial charge < -0.3 is 10.6 Å². The maximum absolute atomic E-state index is 7.73. The number of halogens is 1. The van der Waals surface area contributed by atoms with Crippen molar-refractivity contribution in [2.75, 3.05) is 11.4 Å². The molecule has 0 fully saturated rings. The molecule has 0 radical (unpaired) electrons. The highest BCUT2D eigenvalue weighted by Gasteiger charge is 2.14. The Kier molecular flexibility index (Phi) is 4.30. The number of nitrogen functional groups attached to an aromatic ring is 1. The van der Waals surface area contributed by atoms with Crippen molar-refractivity contribution < 1.29 is 0 Å². The Labute approximate surface area is 124 Å². The lowest BCUT2D eigenvalue weighted by atomic mass is 10.1. The third-order valence-electron chi connectivity index (χ3n) is 3.20. The third kappa shape index (κ3) is 2.94. The summed E-state index contributed by atoms with van der Waals surface area (Å²) in [6.45, 7) is 4.91. The number of nitrogens with one attached hydrogen (secondary N) is 1. The van der Waals surface area contributed by atoms with E-state index in [1.54, 1.807) is 6.07 Å². The molecular formula is C16H18ClN3. The van der Waals surface area contributed by atoms with Gasteiger partial charge in [-0.3, -0.25) is 5.41 Å². The molecule has 0 saturated heterocycles. The summed E-state index contributed by atoms with van der Waals surface area (Å²) in [5.41, 5.74) is 9.51. The first-order chi connectivity index (χ1) is 9.52. The van der Waals surface area contributed by atoms with Crippen molar-refractivity contribution in [3.05, 3.63) is 58.6 Å². The molecule has 2 rings (SSSR count). The van der Waals surface area contributed by atoms with Crippen molar-refractivity contribution in [1.82, 2.24) is 0 Å². The van der Waals surface area contributed by atoms with Gasteiger partial charge >= 0.3 is 0 Å². The largest absolute Gasteiger partial charge is 0.384 e. The number of benzene rings is 2. The number of hydrogen-bond donors (Lipinski definition) is 2. The average molecular weight is 288 g/mol. The van der Waals surface area contributed by atoms with Crippen LogP contribution in [0.1, 0.15) is 18.1 Å². The Morgan fingerprint density at radius 1 is 1.20 bits per heavy atom. The first kappa shape index (κ1) is 14.4. The Bertz CT molecular complexity index is 620. The van der Waals surface area contributed by atoms with Crippen LogP contribution in [0.15, 0.2) is 42.5 Å². The van der Waals surface area contributed by atoms with Gasteiger partial charge in [0.1, 0.15) is 5.84 Å². The molecule has 0 amide bonds. The summed E-state index contributed by atoms with van der Waals surface area (Å²) < 4.78 is 0. The van der Waals surface area contributed by atoms with Crippen molar-refractivity contribution in [2.45, 2.75) is 13.8 Å². The number of aryl methyl sites for hydroxylation is 1. The summed E-state index contributed by atoms with van der Waals surface area (Å²) >= 11 is 6.00. The molecule has 0 bridgehead atoms. The molecule has 0 aliphatic rings. The summed E-state index contributed by atoms with van der Waals surface area (Å²) in [5, 5.41) is 8.31. The van der Waals surface area contributed by atoms with Crippen LogP contribution in [0.4, 0.5) is 11.4 Å². The van der Waals surface area contributed by atoms with E-state index in [2.05, 4.69) is 43.0 Å². The first-order valence-corrected chi connectivity index (χ1v) is 6.89. The molecule has 0 aliphatic heterocycles. The van der Waals surface area contributed by atoms with Gasteiger partial charge in [0.25, 0.3) is 0 Å². The van der Waals surface area contributed by atoms with Crippen molar-refractivity contribution >= 4 is 28.8 Å². The van der Waals surface area contributed by atoms with Crippen LogP contribution in [0.2, 0.25) is 5.02 Å². The number of amidine groups is 1. The second-order valence-electron chi connectivity index (χ2n) is 4.65. The fourth-order valence-corrected chi connectivity index (χ4v) is 2.35. The molecule has 0 spiro atoms. The van der Waals surface area contributed by atoms with E-state index >= 15 is 0 Å². The van der Waals surface area contributed by atoms with Gasteiger partial charge in [0.15, 0.2) is 0 Å². The topological polar surface area (TPSA) is 53.1 Å². The van der Waals surface area contributed by atoms with E-state index < -0.39 is 0 Å². The van der Waals surface area contributed by atoms with E-state index in [0.29, 0.717) is 10.6 Å². The molecule has 104 valence electrons. The van der Waals surface area contributed by atoms with Crippen LogP contribution in [0.5, 0.6) is 0 Å². The standard InChI is InChI=1S/C16H18ClN3/c1-3-20(13-7-4-11(2)5-8-13)15-9-6-12(17)10-14(15)16(18)19/h4-10H,3H2,1-2H3,(H3,18,19). The van der Waals surface area contributed by atoms with E-state index in [9.17, 15) is 0 Å². The molecule has 3 nitrogen and oxygen atoms in total. The van der Waals surface area contributed by atoms with E-state index in [1.165, 1.54) is 5.56 Å². The van der Waals surface area contributed by atoms with Crippen LogP contribution >= 0.6 is 11.6 Å². The van der Waals surface area contributed by atoms with Crippen LogP contribution in [0.25, 0.3) is 0 Å². The molecule has 4 heteroatoms. The molecule has 0 heterocycles. The van der Waals surface area contributed by atoms with Crippen molar-refractivity contribution in [3.8, 4) is 0 Å². The highest BCUT2D eigenvalue weighted by molar-refractivity contribution is 6.31. The molecule has 2 aromatic carbocycles. The third-order valence-corrected chi connectivity index (χ3v) is 3.44. The zero-order chi connectivity index (χ0) is 14.7. The number of nitrogens with zero attached hydrogens (tertiary/aromatic N) is 1. The Morgan fingerprint density at radius 3 is 2.40 bits per heavy atom. The molecule has 0 aliphatic carbocycles. The van der Waals surface area contributed by atoms with Crippen molar-refractivity contribution in [2.24, 2.45) is 5.73 Å². The Hall–Kier alpha value is -2.00. The minimum atomic E-state index is 0.0214. The minimum Gasteiger partial charge on any atom is -0.384 e. The summed E-state index contributed by atoms with van der Waals surface area (Å²) in [4.78, 5) is 2.12. The summed E-state index contributed by atoms with van der Waals surface area (Å²) in [6.07, 6.45) is 0. The van der Waals surface area contributed by atoms with Crippen LogP contribution in [0.3, 0.4) is 0 Å². The quantitative estimate of drug-likeness (QED) is 0.657. The molecular weight excluding hydrogens is 270 g/mol. The highest BCUT2D eigenvalue weighted by Crippen LogP contribution is 2.30. The molecule has 2 aromatic rings. The maximum atomic E-state index is 7.73. The number of hydrogen-bond acceptors (Lipinski definition) is 2. The smallest absolute Gasteiger partial charge is 0.124 e. The number of rotatable bonds is 4. The highest BCUT2D eigenvalue weighted by atomic mass is 35.5. The molecule has 3 N–H and O–H groups in total. The second kappa shape index (κ2) is 5.97. The Balaban J connectivity index is 2.51. The lowest BCUT2D eigenvalue weighted by Crippen LogP contribution is -2.21. The van der Waals surface area contributed by atoms with E-state index in [-0.39, 0.29) is 5.84 Å². The fraction of sp³-hybridized carbons (Fsp3) is 0.188. The normalized spacial score (nSPS) is 10.3. The molecule has 20 heavy (non-hydrogen) atoms. The van der Waals surface area contributed by atoms with E-state index in [4.69, 9.17) is 22.7 Å². The van der Waals surface area contributed by atoms with Gasteiger partial charge in [-0.15, -0.1) is 0 Å². The molecule has 0 saturated carbocycles. The van der Waals surface area contributed by atoms with Crippen LogP contribution < -0.4 is 10.6 Å². The Morgan fingerprint density at radius 2 is 1.85 bits per heavy atom. The van der Waals surface area contributed by atoms with Gasteiger partial charge in [0.2, 0.25) is 0 Å².